The van der Waals surface area contributed by atoms with Gasteiger partial charge in [0.2, 0.25) is 11.8 Å². The van der Waals surface area contributed by atoms with Crippen LogP contribution >= 0.6 is 0 Å². The van der Waals surface area contributed by atoms with Gasteiger partial charge in [0, 0.05) is 25.1 Å². The molecule has 0 heterocycles. The highest BCUT2D eigenvalue weighted by Crippen LogP contribution is 2.28. The number of rotatable bonds is 13. The second-order valence-corrected chi connectivity index (χ2v) is 12.8. The molecule has 1 N–H and O–H groups in total. The summed E-state index contributed by atoms with van der Waals surface area (Å²) in [5.41, 5.74) is 2.86. The van der Waals surface area contributed by atoms with Crippen molar-refractivity contribution in [2.45, 2.75) is 50.7 Å². The third-order valence-corrected chi connectivity index (χ3v) is 8.92. The summed E-state index contributed by atoms with van der Waals surface area (Å²) in [4.78, 5) is 29.7. The summed E-state index contributed by atoms with van der Waals surface area (Å²) in [6.07, 6.45) is 0.252. The fourth-order valence-electron chi connectivity index (χ4n) is 4.85. The molecular formula is C35H39N3O5S. The summed E-state index contributed by atoms with van der Waals surface area (Å²) in [7, 11) is -2.70. The summed E-state index contributed by atoms with van der Waals surface area (Å²) >= 11 is 0. The van der Waals surface area contributed by atoms with E-state index < -0.39 is 28.5 Å². The van der Waals surface area contributed by atoms with Gasteiger partial charge >= 0.3 is 0 Å². The number of hydrogen-bond donors (Lipinski definition) is 1. The van der Waals surface area contributed by atoms with Crippen LogP contribution in [0, 0.1) is 6.92 Å². The molecule has 0 saturated carbocycles. The smallest absolute Gasteiger partial charge is 0.264 e. The van der Waals surface area contributed by atoms with Crippen molar-refractivity contribution in [3.63, 3.8) is 0 Å². The van der Waals surface area contributed by atoms with Crippen LogP contribution in [0.4, 0.5) is 5.69 Å². The number of anilines is 1. The van der Waals surface area contributed by atoms with Gasteiger partial charge in [0.15, 0.2) is 0 Å². The normalized spacial score (nSPS) is 11.9. The van der Waals surface area contributed by atoms with Gasteiger partial charge in [0.25, 0.3) is 10.0 Å². The zero-order chi connectivity index (χ0) is 31.7. The Bertz CT molecular complexity index is 1640. The number of carbonyl (C=O) groups is 2. The number of amides is 2. The molecule has 4 rings (SSSR count). The van der Waals surface area contributed by atoms with Crippen LogP contribution in [0.3, 0.4) is 0 Å². The second kappa shape index (κ2) is 14.7. The Morgan fingerprint density at radius 1 is 0.818 bits per heavy atom. The predicted molar refractivity (Wildman–Crippen MR) is 173 cm³/mol. The zero-order valence-electron chi connectivity index (χ0n) is 25.5. The average Bonchev–Trinajstić information content (AvgIpc) is 3.02. The molecule has 4 aromatic rings. The lowest BCUT2D eigenvalue weighted by molar-refractivity contribution is -0.140. The van der Waals surface area contributed by atoms with E-state index in [1.807, 2.05) is 81.4 Å². The predicted octanol–water partition coefficient (Wildman–Crippen LogP) is 5.36. The molecule has 1 atom stereocenters. The lowest BCUT2D eigenvalue weighted by Gasteiger charge is -2.34. The summed E-state index contributed by atoms with van der Waals surface area (Å²) in [5.74, 6) is -0.395. The van der Waals surface area contributed by atoms with Crippen LogP contribution < -0.4 is 14.4 Å². The molecule has 0 aliphatic heterocycles. The quantitative estimate of drug-likeness (QED) is 0.219. The first-order valence-corrected chi connectivity index (χ1v) is 15.9. The van der Waals surface area contributed by atoms with E-state index in [4.69, 9.17) is 4.74 Å². The molecule has 0 bridgehead atoms. The van der Waals surface area contributed by atoms with E-state index in [0.29, 0.717) is 5.75 Å². The molecule has 0 unspecified atom stereocenters. The standard InChI is InChI=1S/C35H39N3O5S/c1-26(2)36-35(40)33(22-28-12-7-5-8-13-28)37(24-29-14-9-6-10-15-29)34(39)25-38(30-16-11-17-31(23-30)43-4)44(41,42)32-20-18-27(3)19-21-32/h5-21,23,26,33H,22,24-25H2,1-4H3,(H,36,40)/t33-/m1/s1. The third-order valence-electron chi connectivity index (χ3n) is 7.13. The van der Waals surface area contributed by atoms with Gasteiger partial charge in [-0.15, -0.1) is 0 Å². The number of nitrogens with zero attached hydrogens (tertiary/aromatic N) is 2. The fourth-order valence-corrected chi connectivity index (χ4v) is 6.25. The van der Waals surface area contributed by atoms with Crippen molar-refractivity contribution in [3.8, 4) is 5.75 Å². The number of sulfonamides is 1. The Morgan fingerprint density at radius 3 is 2.02 bits per heavy atom. The van der Waals surface area contributed by atoms with E-state index in [-0.39, 0.29) is 35.5 Å². The number of aryl methyl sites for hydroxylation is 1. The first-order chi connectivity index (χ1) is 21.1. The van der Waals surface area contributed by atoms with E-state index in [1.165, 1.54) is 24.1 Å². The van der Waals surface area contributed by atoms with Gasteiger partial charge in [0.05, 0.1) is 17.7 Å². The van der Waals surface area contributed by atoms with Crippen LogP contribution in [0.5, 0.6) is 5.75 Å². The molecule has 230 valence electrons. The van der Waals surface area contributed by atoms with E-state index in [1.54, 1.807) is 36.4 Å². The maximum absolute atomic E-state index is 14.4. The van der Waals surface area contributed by atoms with Crippen molar-refractivity contribution < 1.29 is 22.7 Å². The summed E-state index contributed by atoms with van der Waals surface area (Å²) < 4.78 is 34.7. The van der Waals surface area contributed by atoms with E-state index in [2.05, 4.69) is 5.32 Å². The molecule has 0 aliphatic rings. The van der Waals surface area contributed by atoms with Gasteiger partial charge < -0.3 is 15.0 Å². The molecule has 0 radical (unpaired) electrons. The molecule has 0 aromatic heterocycles. The van der Waals surface area contributed by atoms with Crippen molar-refractivity contribution >= 4 is 27.5 Å². The van der Waals surface area contributed by atoms with Crippen LogP contribution in [0.25, 0.3) is 0 Å². The molecule has 0 fully saturated rings. The number of hydrogen-bond acceptors (Lipinski definition) is 5. The van der Waals surface area contributed by atoms with E-state index in [9.17, 15) is 18.0 Å². The second-order valence-electron chi connectivity index (χ2n) is 10.9. The van der Waals surface area contributed by atoms with Gasteiger partial charge in [-0.05, 0) is 56.2 Å². The molecular weight excluding hydrogens is 574 g/mol. The van der Waals surface area contributed by atoms with Crippen LogP contribution in [0.15, 0.2) is 114 Å². The lowest BCUT2D eigenvalue weighted by atomic mass is 10.0. The molecule has 4 aromatic carbocycles. The maximum Gasteiger partial charge on any atom is 0.264 e. The minimum absolute atomic E-state index is 0.0479. The van der Waals surface area contributed by atoms with Crippen molar-refractivity contribution in [1.29, 1.82) is 0 Å². The molecule has 0 aliphatic carbocycles. The van der Waals surface area contributed by atoms with Crippen LogP contribution in [0.1, 0.15) is 30.5 Å². The Balaban J connectivity index is 1.80. The molecule has 8 nitrogen and oxygen atoms in total. The SMILES string of the molecule is COc1cccc(N(CC(=O)N(Cc2ccccc2)[C@H](Cc2ccccc2)C(=O)NC(C)C)S(=O)(=O)c2ccc(C)cc2)c1. The van der Waals surface area contributed by atoms with Gasteiger partial charge in [-0.2, -0.15) is 0 Å². The Morgan fingerprint density at radius 2 is 1.43 bits per heavy atom. The van der Waals surface area contributed by atoms with Crippen molar-refractivity contribution in [1.82, 2.24) is 10.2 Å². The fraction of sp³-hybridized carbons (Fsp3) is 0.257. The summed E-state index contributed by atoms with van der Waals surface area (Å²) in [5, 5.41) is 2.96. The topological polar surface area (TPSA) is 96.0 Å². The Hall–Kier alpha value is -4.63. The molecule has 0 saturated heterocycles. The minimum atomic E-state index is -4.19. The van der Waals surface area contributed by atoms with Crippen molar-refractivity contribution in [2.24, 2.45) is 0 Å². The third kappa shape index (κ3) is 8.26. The highest BCUT2D eigenvalue weighted by molar-refractivity contribution is 7.92. The molecule has 2 amide bonds. The highest BCUT2D eigenvalue weighted by Gasteiger charge is 2.35. The number of nitrogens with one attached hydrogen (secondary N) is 1. The molecule has 44 heavy (non-hydrogen) atoms. The molecule has 9 heteroatoms. The molecule has 0 spiro atoms. The zero-order valence-corrected chi connectivity index (χ0v) is 26.3. The Kier molecular flexibility index (Phi) is 10.8. The van der Waals surface area contributed by atoms with Gasteiger partial charge in [-0.25, -0.2) is 8.42 Å². The number of methoxy groups -OCH3 is 1. The first kappa shape index (κ1) is 32.3. The van der Waals surface area contributed by atoms with Crippen molar-refractivity contribution in [2.75, 3.05) is 18.0 Å². The van der Waals surface area contributed by atoms with E-state index in [0.717, 1.165) is 21.0 Å². The monoisotopic (exact) mass is 613 g/mol. The minimum Gasteiger partial charge on any atom is -0.497 e. The highest BCUT2D eigenvalue weighted by atomic mass is 32.2. The summed E-state index contributed by atoms with van der Waals surface area (Å²) in [6, 6.07) is 30.8. The van der Waals surface area contributed by atoms with Crippen LogP contribution in [0.2, 0.25) is 0 Å². The largest absolute Gasteiger partial charge is 0.497 e. The maximum atomic E-state index is 14.4. The number of ether oxygens (including phenoxy) is 1. The van der Waals surface area contributed by atoms with Crippen LogP contribution in [-0.4, -0.2) is 50.9 Å². The summed E-state index contributed by atoms with van der Waals surface area (Å²) in [6.45, 7) is 5.17. The lowest BCUT2D eigenvalue weighted by Crippen LogP contribution is -2.54. The van der Waals surface area contributed by atoms with Crippen LogP contribution in [-0.2, 0) is 32.6 Å². The van der Waals surface area contributed by atoms with E-state index >= 15 is 0 Å². The van der Waals surface area contributed by atoms with Gasteiger partial charge in [-0.1, -0.05) is 84.4 Å². The average molecular weight is 614 g/mol. The van der Waals surface area contributed by atoms with Crippen molar-refractivity contribution in [3.05, 3.63) is 126 Å². The van der Waals surface area contributed by atoms with Gasteiger partial charge in [0.1, 0.15) is 18.3 Å². The van der Waals surface area contributed by atoms with Gasteiger partial charge in [-0.3, -0.25) is 13.9 Å². The number of carbonyl (C=O) groups excluding carboxylic acids is 2. The number of benzene rings is 4. The Labute approximate surface area is 260 Å². The first-order valence-electron chi connectivity index (χ1n) is 14.5.